The standard InChI is InChI=1S/C35H39N3O7/c1-20-9-13-24-28(17-20)43-29-19-23(39)12-14-25(29)31(24)26-18-22(11-10-21(26)2)37-38-33(42)36-27(32(41)45-35(6,7)8)15-16-30(40)44-34(3,4)5/h9-14,17-19,27H,15-16H2,1-8H3,(H,36,42)/t27-/m0/s1. The van der Waals surface area contributed by atoms with Crippen LogP contribution < -0.4 is 10.7 Å². The maximum Gasteiger partial charge on any atom is 0.360 e. The maximum atomic E-state index is 12.9. The lowest BCUT2D eigenvalue weighted by atomic mass is 9.90. The van der Waals surface area contributed by atoms with Gasteiger partial charge in [-0.15, -0.1) is 5.11 Å². The SMILES string of the molecule is Cc1ccc2c(-c3cc(N=NC(=O)N[C@@H](CCC(=O)OC(C)(C)C)C(=O)OC(C)(C)C)ccc3C)c3ccc(=O)cc-3oc2c1. The fourth-order valence-corrected chi connectivity index (χ4v) is 4.77. The predicted octanol–water partition coefficient (Wildman–Crippen LogP) is 7.81. The van der Waals surface area contributed by atoms with E-state index in [-0.39, 0.29) is 18.3 Å². The van der Waals surface area contributed by atoms with Crippen molar-refractivity contribution < 1.29 is 28.3 Å². The van der Waals surface area contributed by atoms with Crippen LogP contribution in [-0.4, -0.2) is 35.2 Å². The zero-order valence-electron chi connectivity index (χ0n) is 26.9. The van der Waals surface area contributed by atoms with Gasteiger partial charge in [0.2, 0.25) is 0 Å². The number of ether oxygens (including phenoxy) is 2. The first-order valence-corrected chi connectivity index (χ1v) is 14.7. The Hall–Kier alpha value is -4.86. The smallest absolute Gasteiger partial charge is 0.360 e. The van der Waals surface area contributed by atoms with Crippen LogP contribution in [0.5, 0.6) is 0 Å². The molecule has 4 rings (SSSR count). The number of aryl methyl sites for hydroxylation is 2. The van der Waals surface area contributed by atoms with Gasteiger partial charge in [0.05, 0.1) is 5.69 Å². The number of rotatable bonds is 7. The van der Waals surface area contributed by atoms with E-state index in [9.17, 15) is 19.2 Å². The van der Waals surface area contributed by atoms with Gasteiger partial charge >= 0.3 is 18.0 Å². The third kappa shape index (κ3) is 8.84. The van der Waals surface area contributed by atoms with Gasteiger partial charge < -0.3 is 19.2 Å². The number of nitrogens with zero attached hydrogens (tertiary/aromatic N) is 2. The molecule has 1 atom stereocenters. The first kappa shape index (κ1) is 33.0. The Kier molecular flexibility index (Phi) is 9.56. The van der Waals surface area contributed by atoms with Crippen molar-refractivity contribution in [1.29, 1.82) is 0 Å². The Bertz CT molecular complexity index is 1810. The number of carbonyl (C=O) groups excluding carboxylic acids is 3. The number of urea groups is 1. The topological polar surface area (TPSA) is 137 Å². The second-order valence-corrected chi connectivity index (χ2v) is 13.0. The second-order valence-electron chi connectivity index (χ2n) is 13.0. The summed E-state index contributed by atoms with van der Waals surface area (Å²) in [6.07, 6.45) is -0.151. The monoisotopic (exact) mass is 613 g/mol. The molecule has 2 aliphatic rings. The van der Waals surface area contributed by atoms with Gasteiger partial charge in [-0.2, -0.15) is 0 Å². The maximum absolute atomic E-state index is 12.9. The molecule has 0 bridgehead atoms. The van der Waals surface area contributed by atoms with Crippen LogP contribution in [0, 0.1) is 13.8 Å². The van der Waals surface area contributed by atoms with Crippen LogP contribution in [-0.2, 0) is 19.1 Å². The molecule has 236 valence electrons. The summed E-state index contributed by atoms with van der Waals surface area (Å²) >= 11 is 0. The van der Waals surface area contributed by atoms with E-state index in [1.807, 2.05) is 38.1 Å². The van der Waals surface area contributed by atoms with Gasteiger partial charge in [-0.25, -0.2) is 9.59 Å². The molecule has 0 aromatic heterocycles. The lowest BCUT2D eigenvalue weighted by Crippen LogP contribution is -2.43. The number of hydrogen-bond donors (Lipinski definition) is 1. The molecular formula is C35H39N3O7. The summed E-state index contributed by atoms with van der Waals surface area (Å²) in [5.74, 6) is -0.743. The molecule has 0 saturated carbocycles. The molecule has 0 spiro atoms. The molecular weight excluding hydrogens is 574 g/mol. The number of azo groups is 1. The van der Waals surface area contributed by atoms with Crippen molar-refractivity contribution in [2.75, 3.05) is 0 Å². The van der Waals surface area contributed by atoms with Crippen LogP contribution in [0.25, 0.3) is 33.4 Å². The van der Waals surface area contributed by atoms with E-state index >= 15 is 0 Å². The molecule has 1 aliphatic carbocycles. The number of nitrogens with one attached hydrogen (secondary N) is 1. The summed E-state index contributed by atoms with van der Waals surface area (Å²) in [6.45, 7) is 14.3. The van der Waals surface area contributed by atoms with Gasteiger partial charge in [-0.3, -0.25) is 9.59 Å². The number of carbonyl (C=O) groups is 3. The summed E-state index contributed by atoms with van der Waals surface area (Å²) in [4.78, 5) is 50.2. The fourth-order valence-electron chi connectivity index (χ4n) is 4.77. The molecule has 45 heavy (non-hydrogen) atoms. The van der Waals surface area contributed by atoms with Crippen molar-refractivity contribution in [2.24, 2.45) is 10.2 Å². The van der Waals surface area contributed by atoms with Gasteiger partial charge in [0.15, 0.2) is 5.43 Å². The van der Waals surface area contributed by atoms with Crippen molar-refractivity contribution in [1.82, 2.24) is 5.32 Å². The molecule has 1 N–H and O–H groups in total. The zero-order chi connectivity index (χ0) is 33.1. The van der Waals surface area contributed by atoms with Gasteiger partial charge in [0, 0.05) is 29.0 Å². The third-order valence-electron chi connectivity index (χ3n) is 6.64. The van der Waals surface area contributed by atoms with Crippen LogP contribution >= 0.6 is 0 Å². The highest BCUT2D eigenvalue weighted by atomic mass is 16.6. The van der Waals surface area contributed by atoms with E-state index in [2.05, 4.69) is 15.5 Å². The molecule has 0 saturated heterocycles. The van der Waals surface area contributed by atoms with E-state index in [0.717, 1.165) is 33.2 Å². The number of benzene rings is 3. The summed E-state index contributed by atoms with van der Waals surface area (Å²) in [5.41, 5.74) is 3.75. The first-order chi connectivity index (χ1) is 21.0. The molecule has 0 fully saturated rings. The lowest BCUT2D eigenvalue weighted by molar-refractivity contribution is -0.158. The minimum atomic E-state index is -1.14. The normalized spacial score (nSPS) is 12.8. The molecule has 0 radical (unpaired) electrons. The summed E-state index contributed by atoms with van der Waals surface area (Å²) < 4.78 is 16.9. The Morgan fingerprint density at radius 3 is 2.27 bits per heavy atom. The van der Waals surface area contributed by atoms with Crippen molar-refractivity contribution in [3.8, 4) is 22.5 Å². The number of amides is 2. The highest BCUT2D eigenvalue weighted by Crippen LogP contribution is 2.42. The number of esters is 2. The number of hydrogen-bond acceptors (Lipinski definition) is 8. The highest BCUT2D eigenvalue weighted by Gasteiger charge is 2.28. The fraction of sp³-hybridized carbons (Fsp3) is 0.371. The quantitative estimate of drug-likeness (QED) is 0.127. The van der Waals surface area contributed by atoms with Crippen LogP contribution in [0.2, 0.25) is 0 Å². The largest absolute Gasteiger partial charge is 0.460 e. The van der Waals surface area contributed by atoms with Crippen molar-refractivity contribution in [3.05, 3.63) is 75.9 Å². The van der Waals surface area contributed by atoms with E-state index < -0.39 is 35.2 Å². The van der Waals surface area contributed by atoms with Crippen LogP contribution in [0.4, 0.5) is 10.5 Å². The Balaban J connectivity index is 1.62. The Morgan fingerprint density at radius 1 is 0.867 bits per heavy atom. The Morgan fingerprint density at radius 2 is 1.58 bits per heavy atom. The molecule has 0 unspecified atom stereocenters. The zero-order valence-corrected chi connectivity index (χ0v) is 26.9. The number of fused-ring (bicyclic) bond motifs is 2. The lowest BCUT2D eigenvalue weighted by Gasteiger charge is -2.24. The van der Waals surface area contributed by atoms with Crippen LogP contribution in [0.3, 0.4) is 0 Å². The highest BCUT2D eigenvalue weighted by molar-refractivity contribution is 6.03. The van der Waals surface area contributed by atoms with Gasteiger partial charge in [0.25, 0.3) is 0 Å². The van der Waals surface area contributed by atoms with E-state index in [1.165, 1.54) is 12.1 Å². The van der Waals surface area contributed by atoms with Crippen molar-refractivity contribution in [3.63, 3.8) is 0 Å². The van der Waals surface area contributed by atoms with E-state index in [1.54, 1.807) is 59.7 Å². The first-order valence-electron chi connectivity index (χ1n) is 14.7. The van der Waals surface area contributed by atoms with Gasteiger partial charge in [-0.1, -0.05) is 23.3 Å². The molecule has 2 amide bonds. The molecule has 1 aliphatic heterocycles. The van der Waals surface area contributed by atoms with Gasteiger partial charge in [-0.05, 0) is 109 Å². The molecule has 2 aromatic rings. The Labute approximate surface area is 262 Å². The van der Waals surface area contributed by atoms with Crippen molar-refractivity contribution in [2.45, 2.75) is 85.5 Å². The van der Waals surface area contributed by atoms with E-state index in [4.69, 9.17) is 13.9 Å². The molecule has 10 heteroatoms. The molecule has 10 nitrogen and oxygen atoms in total. The summed E-state index contributed by atoms with van der Waals surface area (Å²) in [5, 5.41) is 11.3. The van der Waals surface area contributed by atoms with Gasteiger partial charge in [0.1, 0.15) is 28.6 Å². The minimum Gasteiger partial charge on any atom is -0.460 e. The van der Waals surface area contributed by atoms with Crippen LogP contribution in [0.15, 0.2) is 74.0 Å². The second kappa shape index (κ2) is 13.0. The molecule has 2 aromatic carbocycles. The summed E-state index contributed by atoms with van der Waals surface area (Å²) in [6, 6.07) is 14.0. The average molecular weight is 614 g/mol. The average Bonchev–Trinajstić information content (AvgIpc) is 2.91. The predicted molar refractivity (Wildman–Crippen MR) is 172 cm³/mol. The minimum absolute atomic E-state index is 0.0382. The third-order valence-corrected chi connectivity index (χ3v) is 6.64. The summed E-state index contributed by atoms with van der Waals surface area (Å²) in [7, 11) is 0. The van der Waals surface area contributed by atoms with Crippen LogP contribution in [0.1, 0.15) is 65.5 Å². The van der Waals surface area contributed by atoms with Crippen molar-refractivity contribution >= 4 is 34.6 Å². The van der Waals surface area contributed by atoms with E-state index in [0.29, 0.717) is 17.0 Å². The molecule has 1 heterocycles.